The van der Waals surface area contributed by atoms with Gasteiger partial charge in [0.1, 0.15) is 11.7 Å². The predicted molar refractivity (Wildman–Crippen MR) is 156 cm³/mol. The molecule has 1 heterocycles. The number of carbonyl (C=O) groups excluding carboxylic acids is 2. The number of benzene rings is 1. The highest BCUT2D eigenvalue weighted by Crippen LogP contribution is 2.65. The predicted octanol–water partition coefficient (Wildman–Crippen LogP) is 3.80. The number of aliphatic imine (C=N–C) groups is 2. The molecule has 2 N–H and O–H groups in total. The first-order valence-corrected chi connectivity index (χ1v) is 14.1. The molecule has 5 rings (SSSR count). The number of hydrogen-bond acceptors (Lipinski definition) is 6. The molecule has 1 aromatic carbocycles. The highest BCUT2D eigenvalue weighted by molar-refractivity contribution is 6.48. The van der Waals surface area contributed by atoms with Gasteiger partial charge in [0.2, 0.25) is 5.91 Å². The van der Waals surface area contributed by atoms with E-state index in [1.54, 1.807) is 7.05 Å². The summed E-state index contributed by atoms with van der Waals surface area (Å²) in [5.41, 5.74) is 0.803. The van der Waals surface area contributed by atoms with E-state index in [0.717, 1.165) is 12.0 Å². The van der Waals surface area contributed by atoms with E-state index >= 15 is 0 Å². The number of hydrogen-bond donors (Lipinski definition) is 2. The molecule has 8 nitrogen and oxygen atoms in total. The van der Waals surface area contributed by atoms with E-state index in [9.17, 15) is 9.59 Å². The molecule has 1 aromatic rings. The largest absolute Gasteiger partial charge is 0.481 e. The lowest BCUT2D eigenvalue weighted by Crippen LogP contribution is -2.65. The zero-order chi connectivity index (χ0) is 28.4. The number of nitrogens with zero attached hydrogens (tertiary/aromatic N) is 2. The lowest BCUT2D eigenvalue weighted by atomic mass is 9.43. The molecule has 6 unspecified atom stereocenters. The molecule has 0 aromatic heterocycles. The van der Waals surface area contributed by atoms with Crippen molar-refractivity contribution in [3.63, 3.8) is 0 Å². The number of nitrogens with one attached hydrogen (secondary N) is 2. The molecule has 9 heteroatoms. The van der Waals surface area contributed by atoms with Gasteiger partial charge in [0, 0.05) is 25.9 Å². The van der Waals surface area contributed by atoms with E-state index in [-0.39, 0.29) is 34.7 Å². The summed E-state index contributed by atoms with van der Waals surface area (Å²) in [6, 6.07) is 8.79. The zero-order valence-electron chi connectivity index (χ0n) is 24.1. The Hall–Kier alpha value is -2.78. The van der Waals surface area contributed by atoms with Crippen LogP contribution in [0.25, 0.3) is 0 Å². The first-order chi connectivity index (χ1) is 18.5. The summed E-state index contributed by atoms with van der Waals surface area (Å²) in [5, 5.41) is 6.02. The number of rotatable bonds is 11. The lowest BCUT2D eigenvalue weighted by Gasteiger charge is -2.64. The second kappa shape index (κ2) is 11.8. The first kappa shape index (κ1) is 29.2. The zero-order valence-corrected chi connectivity index (χ0v) is 24.1. The van der Waals surface area contributed by atoms with E-state index in [4.69, 9.17) is 9.31 Å². The fraction of sp³-hybridized carbons (Fsp3) is 0.600. The van der Waals surface area contributed by atoms with Crippen LogP contribution in [0.15, 0.2) is 52.6 Å². The minimum Gasteiger partial charge on any atom is -0.404 e. The molecule has 4 aliphatic rings. The lowest BCUT2D eigenvalue weighted by molar-refractivity contribution is -0.199. The Labute approximate surface area is 233 Å². The van der Waals surface area contributed by atoms with Gasteiger partial charge >= 0.3 is 7.12 Å². The highest BCUT2D eigenvalue weighted by Gasteiger charge is 2.68. The Morgan fingerprint density at radius 3 is 2.51 bits per heavy atom. The van der Waals surface area contributed by atoms with Crippen molar-refractivity contribution in [2.75, 3.05) is 7.05 Å². The molecule has 210 valence electrons. The van der Waals surface area contributed by atoms with Gasteiger partial charge in [-0.1, -0.05) is 64.6 Å². The maximum Gasteiger partial charge on any atom is 0.481 e. The van der Waals surface area contributed by atoms with E-state index in [2.05, 4.69) is 61.8 Å². The second-order valence-corrected chi connectivity index (χ2v) is 12.4. The molecular weight excluding hydrogens is 491 g/mol. The smallest absolute Gasteiger partial charge is 0.404 e. The summed E-state index contributed by atoms with van der Waals surface area (Å²) in [5.74, 6) is 0.231. The molecule has 2 bridgehead atoms. The molecule has 39 heavy (non-hydrogen) atoms. The number of amides is 2. The van der Waals surface area contributed by atoms with Gasteiger partial charge in [-0.3, -0.25) is 19.6 Å². The van der Waals surface area contributed by atoms with Gasteiger partial charge < -0.3 is 19.9 Å². The summed E-state index contributed by atoms with van der Waals surface area (Å²) >= 11 is 0. The summed E-state index contributed by atoms with van der Waals surface area (Å²) in [4.78, 5) is 34.5. The molecule has 4 fully saturated rings. The van der Waals surface area contributed by atoms with Crippen molar-refractivity contribution in [2.24, 2.45) is 33.2 Å². The fourth-order valence-corrected chi connectivity index (χ4v) is 6.65. The molecule has 6 atom stereocenters. The van der Waals surface area contributed by atoms with Crippen LogP contribution in [0.2, 0.25) is 0 Å². The highest BCUT2D eigenvalue weighted by atomic mass is 16.7. The molecule has 3 saturated carbocycles. The van der Waals surface area contributed by atoms with Gasteiger partial charge in [0.25, 0.3) is 5.91 Å². The van der Waals surface area contributed by atoms with Crippen LogP contribution in [-0.2, 0) is 25.3 Å². The third kappa shape index (κ3) is 6.20. The summed E-state index contributed by atoms with van der Waals surface area (Å²) in [7, 11) is 1.07. The van der Waals surface area contributed by atoms with Crippen LogP contribution < -0.4 is 10.6 Å². The average molecular weight is 535 g/mol. The maximum absolute atomic E-state index is 13.8. The summed E-state index contributed by atoms with van der Waals surface area (Å²) in [6.07, 6.45) is 6.05. The van der Waals surface area contributed by atoms with Gasteiger partial charge in [0.15, 0.2) is 0 Å². The van der Waals surface area contributed by atoms with Crippen molar-refractivity contribution in [3.8, 4) is 0 Å². The fourth-order valence-electron chi connectivity index (χ4n) is 6.65. The van der Waals surface area contributed by atoms with Crippen LogP contribution in [-0.4, -0.2) is 62.1 Å². The second-order valence-electron chi connectivity index (χ2n) is 12.4. The summed E-state index contributed by atoms with van der Waals surface area (Å²) in [6.45, 7) is 14.8. The van der Waals surface area contributed by atoms with Crippen molar-refractivity contribution in [1.82, 2.24) is 10.6 Å². The van der Waals surface area contributed by atoms with Crippen molar-refractivity contribution in [2.45, 2.75) is 84.0 Å². The third-order valence-electron chi connectivity index (χ3n) is 8.96. The van der Waals surface area contributed by atoms with Crippen molar-refractivity contribution in [3.05, 3.63) is 48.2 Å². The van der Waals surface area contributed by atoms with Gasteiger partial charge in [-0.25, -0.2) is 0 Å². The Bertz CT molecular complexity index is 1120. The third-order valence-corrected chi connectivity index (χ3v) is 8.96. The minimum atomic E-state index is -0.827. The molecule has 0 radical (unpaired) electrons. The summed E-state index contributed by atoms with van der Waals surface area (Å²) < 4.78 is 13.2. The van der Waals surface area contributed by atoms with Crippen molar-refractivity contribution < 1.29 is 18.9 Å². The molecule has 1 saturated heterocycles. The van der Waals surface area contributed by atoms with Gasteiger partial charge in [0.05, 0.1) is 17.6 Å². The van der Waals surface area contributed by atoms with Gasteiger partial charge in [-0.2, -0.15) is 0 Å². The topological polar surface area (TPSA) is 101 Å². The van der Waals surface area contributed by atoms with Gasteiger partial charge in [-0.05, 0) is 54.9 Å². The average Bonchev–Trinajstić information content (AvgIpc) is 3.25. The first-order valence-electron chi connectivity index (χ1n) is 14.1. The Kier molecular flexibility index (Phi) is 8.81. The molecule has 2 amide bonds. The van der Waals surface area contributed by atoms with Crippen LogP contribution in [0.1, 0.15) is 59.4 Å². The van der Waals surface area contributed by atoms with E-state index in [0.29, 0.717) is 30.6 Å². The minimum absolute atomic E-state index is 0.000513. The molecular formula is C30H43BN4O4. The maximum atomic E-state index is 13.8. The van der Waals surface area contributed by atoms with Gasteiger partial charge in [-0.15, -0.1) is 0 Å². The van der Waals surface area contributed by atoms with Crippen LogP contribution in [0.5, 0.6) is 0 Å². The van der Waals surface area contributed by atoms with Crippen LogP contribution in [0.4, 0.5) is 0 Å². The molecule has 0 spiro atoms. The van der Waals surface area contributed by atoms with E-state index in [1.165, 1.54) is 18.9 Å². The van der Waals surface area contributed by atoms with E-state index < -0.39 is 19.1 Å². The monoisotopic (exact) mass is 534 g/mol. The van der Waals surface area contributed by atoms with Crippen LogP contribution >= 0.6 is 0 Å². The standard InChI is InChI=1S/C30H43BN4O4/c1-19(2)15-26(31-38-25-18-22-17-24(29(22,4)5)30(25,6)39-31)35-28(37)23(16-21-11-9-8-10-12-21)34-27(36)20(3)33-14-13-32-7/h8-14,19,22-26H,3,15-18H2,1-2,4-7H3,(H,34,36)(H,35,37). The van der Waals surface area contributed by atoms with Crippen molar-refractivity contribution in [1.29, 1.82) is 0 Å². The Balaban J connectivity index is 1.51. The SMILES string of the molecule is C=C(N=CC=NC)C(=O)NC(Cc1ccccc1)C(=O)NC(CC(C)C)B1OC2CC3CC(C3(C)C)C2(C)O1. The number of carbonyl (C=O) groups is 2. The van der Waals surface area contributed by atoms with Crippen LogP contribution in [0.3, 0.4) is 0 Å². The van der Waals surface area contributed by atoms with E-state index in [1.807, 2.05) is 30.3 Å². The molecule has 1 aliphatic heterocycles. The molecule has 3 aliphatic carbocycles. The Morgan fingerprint density at radius 1 is 1.15 bits per heavy atom. The normalized spacial score (nSPS) is 28.7. The van der Waals surface area contributed by atoms with Crippen LogP contribution in [0, 0.1) is 23.2 Å². The quantitative estimate of drug-likeness (QED) is 0.256. The Morgan fingerprint density at radius 2 is 1.87 bits per heavy atom. The van der Waals surface area contributed by atoms with Crippen molar-refractivity contribution >= 4 is 31.4 Å².